The zero-order valence-electron chi connectivity index (χ0n) is 8.22. The first-order chi connectivity index (χ1) is 6.74. The summed E-state index contributed by atoms with van der Waals surface area (Å²) in [5.74, 6) is 0.904. The maximum atomic E-state index is 3.76. The summed E-state index contributed by atoms with van der Waals surface area (Å²) in [5, 5.41) is 3.76. The van der Waals surface area contributed by atoms with Gasteiger partial charge in [-0.3, -0.25) is 0 Å². The van der Waals surface area contributed by atoms with E-state index in [1.54, 1.807) is 10.4 Å². The fourth-order valence-corrected chi connectivity index (χ4v) is 4.11. The fourth-order valence-electron chi connectivity index (χ4n) is 2.32. The summed E-state index contributed by atoms with van der Waals surface area (Å²) in [6.07, 6.45) is 3.94. The largest absolute Gasteiger partial charge is 0.307 e. The Morgan fingerprint density at radius 2 is 2.36 bits per heavy atom. The number of aryl methyl sites for hydroxylation is 1. The molecule has 0 bridgehead atoms. The quantitative estimate of drug-likeness (QED) is 0.869. The Morgan fingerprint density at radius 1 is 1.57 bits per heavy atom. The molecule has 0 aromatic carbocycles. The van der Waals surface area contributed by atoms with Gasteiger partial charge in [-0.05, 0) is 52.7 Å². The molecule has 1 heterocycles. The van der Waals surface area contributed by atoms with E-state index in [1.165, 1.54) is 23.0 Å². The van der Waals surface area contributed by atoms with E-state index in [0.29, 0.717) is 6.04 Å². The maximum absolute atomic E-state index is 3.76. The van der Waals surface area contributed by atoms with E-state index >= 15 is 0 Å². The number of hydrogen-bond donors (Lipinski definition) is 1. The van der Waals surface area contributed by atoms with Crippen LogP contribution in [0.2, 0.25) is 0 Å². The summed E-state index contributed by atoms with van der Waals surface area (Å²) >= 11 is 5.48. The van der Waals surface area contributed by atoms with E-state index in [9.17, 15) is 0 Å². The zero-order valence-corrected chi connectivity index (χ0v) is 10.6. The summed E-state index contributed by atoms with van der Waals surface area (Å²) < 4.78 is 1.29. The minimum Gasteiger partial charge on any atom is -0.307 e. The molecule has 1 fully saturated rings. The smallest absolute Gasteiger partial charge is 0.0704 e. The van der Waals surface area contributed by atoms with Gasteiger partial charge in [0.2, 0.25) is 0 Å². The highest BCUT2D eigenvalue weighted by atomic mass is 79.9. The maximum Gasteiger partial charge on any atom is 0.0704 e. The summed E-state index contributed by atoms with van der Waals surface area (Å²) in [5.41, 5.74) is 1.56. The van der Waals surface area contributed by atoms with Crippen molar-refractivity contribution in [1.29, 1.82) is 0 Å². The van der Waals surface area contributed by atoms with Crippen LogP contribution in [0.4, 0.5) is 0 Å². The number of hydrogen-bond acceptors (Lipinski definition) is 2. The van der Waals surface area contributed by atoms with Crippen LogP contribution in [0.3, 0.4) is 0 Å². The first kappa shape index (κ1) is 9.37. The Labute approximate surface area is 97.0 Å². The molecule has 3 atom stereocenters. The van der Waals surface area contributed by atoms with E-state index < -0.39 is 0 Å². The Balaban J connectivity index is 1.76. The van der Waals surface area contributed by atoms with Crippen LogP contribution in [0.5, 0.6) is 0 Å². The van der Waals surface area contributed by atoms with Crippen molar-refractivity contribution in [2.24, 2.45) is 5.92 Å². The van der Waals surface area contributed by atoms with Gasteiger partial charge in [0.05, 0.1) is 3.79 Å². The second-order valence-electron chi connectivity index (χ2n) is 4.51. The van der Waals surface area contributed by atoms with Crippen LogP contribution >= 0.6 is 27.3 Å². The standard InChI is InChI=1S/C11H14BrNS/c1-6-4-9(6)13-8-2-3-10-7(8)5-11(12)14-10/h5-6,8-9,13H,2-4H2,1H3. The molecule has 1 saturated carbocycles. The lowest BCUT2D eigenvalue weighted by Crippen LogP contribution is -2.22. The monoisotopic (exact) mass is 271 g/mol. The van der Waals surface area contributed by atoms with Gasteiger partial charge >= 0.3 is 0 Å². The molecule has 2 aliphatic carbocycles. The summed E-state index contributed by atoms with van der Waals surface area (Å²) in [6, 6.07) is 3.74. The van der Waals surface area contributed by atoms with Gasteiger partial charge in [-0.1, -0.05) is 6.92 Å². The third-order valence-electron chi connectivity index (χ3n) is 3.37. The topological polar surface area (TPSA) is 12.0 Å². The minimum absolute atomic E-state index is 0.641. The molecule has 14 heavy (non-hydrogen) atoms. The Morgan fingerprint density at radius 3 is 3.07 bits per heavy atom. The molecule has 3 heteroatoms. The van der Waals surface area contributed by atoms with Crippen molar-refractivity contribution in [2.75, 3.05) is 0 Å². The van der Waals surface area contributed by atoms with Gasteiger partial charge in [0, 0.05) is 17.0 Å². The van der Waals surface area contributed by atoms with Gasteiger partial charge in [-0.25, -0.2) is 0 Å². The Bertz CT molecular complexity index is 360. The average molecular weight is 272 g/mol. The number of halogens is 1. The molecule has 76 valence electrons. The van der Waals surface area contributed by atoms with Crippen LogP contribution in [0.25, 0.3) is 0 Å². The summed E-state index contributed by atoms with van der Waals surface area (Å²) in [4.78, 5) is 1.59. The predicted octanol–water partition coefficient (Wildman–Crippen LogP) is 3.50. The van der Waals surface area contributed by atoms with Crippen molar-refractivity contribution in [3.8, 4) is 0 Å². The minimum atomic E-state index is 0.641. The van der Waals surface area contributed by atoms with Crippen LogP contribution < -0.4 is 5.32 Å². The summed E-state index contributed by atoms with van der Waals surface area (Å²) in [6.45, 7) is 2.33. The third-order valence-corrected chi connectivity index (χ3v) is 5.09. The molecule has 3 unspecified atom stereocenters. The highest BCUT2D eigenvalue weighted by Gasteiger charge is 2.36. The van der Waals surface area contributed by atoms with Crippen molar-refractivity contribution in [3.63, 3.8) is 0 Å². The van der Waals surface area contributed by atoms with Gasteiger partial charge < -0.3 is 5.32 Å². The molecule has 1 aromatic rings. The first-order valence-corrected chi connectivity index (χ1v) is 6.89. The van der Waals surface area contributed by atoms with Crippen molar-refractivity contribution in [1.82, 2.24) is 5.32 Å². The van der Waals surface area contributed by atoms with Crippen molar-refractivity contribution < 1.29 is 0 Å². The first-order valence-electron chi connectivity index (χ1n) is 5.28. The predicted molar refractivity (Wildman–Crippen MR) is 63.8 cm³/mol. The van der Waals surface area contributed by atoms with E-state index in [4.69, 9.17) is 0 Å². The van der Waals surface area contributed by atoms with E-state index in [2.05, 4.69) is 34.2 Å². The highest BCUT2D eigenvalue weighted by molar-refractivity contribution is 9.11. The molecule has 0 saturated heterocycles. The van der Waals surface area contributed by atoms with Crippen molar-refractivity contribution >= 4 is 27.3 Å². The van der Waals surface area contributed by atoms with Gasteiger partial charge in [0.25, 0.3) is 0 Å². The van der Waals surface area contributed by atoms with Crippen LogP contribution in [0, 0.1) is 5.92 Å². The van der Waals surface area contributed by atoms with E-state index in [1.807, 2.05) is 11.3 Å². The van der Waals surface area contributed by atoms with Crippen LogP contribution in [-0.2, 0) is 6.42 Å². The number of rotatable bonds is 2. The molecule has 0 amide bonds. The Kier molecular flexibility index (Phi) is 2.22. The van der Waals surface area contributed by atoms with Gasteiger partial charge in [0.15, 0.2) is 0 Å². The molecular formula is C11H14BrNS. The van der Waals surface area contributed by atoms with Crippen molar-refractivity contribution in [2.45, 2.75) is 38.3 Å². The molecule has 0 radical (unpaired) electrons. The Hall–Kier alpha value is 0.140. The van der Waals surface area contributed by atoms with Gasteiger partial charge in [0.1, 0.15) is 0 Å². The van der Waals surface area contributed by atoms with Crippen molar-refractivity contribution in [3.05, 3.63) is 20.3 Å². The van der Waals surface area contributed by atoms with E-state index in [0.717, 1.165) is 12.0 Å². The molecular weight excluding hydrogens is 258 g/mol. The molecule has 1 nitrogen and oxygen atoms in total. The molecule has 1 N–H and O–H groups in total. The second-order valence-corrected chi connectivity index (χ2v) is 7.02. The van der Waals surface area contributed by atoms with E-state index in [-0.39, 0.29) is 0 Å². The van der Waals surface area contributed by atoms with Crippen LogP contribution in [0.1, 0.15) is 36.2 Å². The summed E-state index contributed by atoms with van der Waals surface area (Å²) in [7, 11) is 0. The lowest BCUT2D eigenvalue weighted by atomic mass is 10.2. The fraction of sp³-hybridized carbons (Fsp3) is 0.636. The average Bonchev–Trinajstić information content (AvgIpc) is 2.56. The molecule has 3 rings (SSSR count). The molecule has 1 aromatic heterocycles. The van der Waals surface area contributed by atoms with Gasteiger partial charge in [-0.2, -0.15) is 0 Å². The zero-order chi connectivity index (χ0) is 9.71. The molecule has 2 aliphatic rings. The van der Waals surface area contributed by atoms with Crippen LogP contribution in [0.15, 0.2) is 9.85 Å². The lowest BCUT2D eigenvalue weighted by molar-refractivity contribution is 0.513. The highest BCUT2D eigenvalue weighted by Crippen LogP contribution is 2.41. The van der Waals surface area contributed by atoms with Crippen LogP contribution in [-0.4, -0.2) is 6.04 Å². The SMILES string of the molecule is CC1CC1NC1CCc2sc(Br)cc21. The molecule has 0 aliphatic heterocycles. The lowest BCUT2D eigenvalue weighted by Gasteiger charge is -2.11. The number of nitrogens with one attached hydrogen (secondary N) is 1. The second kappa shape index (κ2) is 3.32. The molecule has 0 spiro atoms. The normalized spacial score (nSPS) is 34.6. The number of thiophene rings is 1. The van der Waals surface area contributed by atoms with Gasteiger partial charge in [-0.15, -0.1) is 11.3 Å². The number of fused-ring (bicyclic) bond motifs is 1. The third kappa shape index (κ3) is 1.55.